The second-order valence-electron chi connectivity index (χ2n) is 13.4. The monoisotopic (exact) mass is 479 g/mol. The average Bonchev–Trinajstić information content (AvgIpc) is 3.32. The number of aliphatic hydroxyl groups is 1. The number of aromatic amines is 1. The van der Waals surface area contributed by atoms with Crippen molar-refractivity contribution in [3.63, 3.8) is 0 Å². The molecule has 4 aliphatic rings. The number of aromatic nitrogens is 1. The van der Waals surface area contributed by atoms with Crippen molar-refractivity contribution in [2.45, 2.75) is 96.9 Å². The first-order valence-corrected chi connectivity index (χ1v) is 13.5. The van der Waals surface area contributed by atoms with Crippen LogP contribution in [0.2, 0.25) is 0 Å². The summed E-state index contributed by atoms with van der Waals surface area (Å²) in [5.74, 6) is 0.246. The summed E-state index contributed by atoms with van der Waals surface area (Å²) in [6, 6.07) is 8.64. The number of ether oxygens (including phenoxy) is 2. The Hall–Kier alpha value is -1.85. The molecule has 2 heterocycles. The molecule has 35 heavy (non-hydrogen) atoms. The van der Waals surface area contributed by atoms with Crippen molar-refractivity contribution < 1.29 is 19.4 Å². The van der Waals surface area contributed by atoms with E-state index in [-0.39, 0.29) is 40.3 Å². The van der Waals surface area contributed by atoms with Crippen LogP contribution in [0.4, 0.5) is 0 Å². The topological polar surface area (TPSA) is 71.6 Å². The molecule has 3 fully saturated rings. The van der Waals surface area contributed by atoms with Gasteiger partial charge in [0.05, 0.1) is 25.4 Å². The third kappa shape index (κ3) is 2.75. The molecule has 1 aromatic carbocycles. The Morgan fingerprint density at radius 3 is 2.63 bits per heavy atom. The zero-order chi connectivity index (χ0) is 25.0. The van der Waals surface area contributed by atoms with Gasteiger partial charge in [0, 0.05) is 28.4 Å². The molecule has 1 saturated heterocycles. The Morgan fingerprint density at radius 1 is 1.17 bits per heavy atom. The molecule has 2 N–H and O–H groups in total. The summed E-state index contributed by atoms with van der Waals surface area (Å²) in [5.41, 5.74) is 2.63. The Kier molecular flexibility index (Phi) is 4.94. The van der Waals surface area contributed by atoms with Gasteiger partial charge in [-0.25, -0.2) is 0 Å². The van der Waals surface area contributed by atoms with Crippen LogP contribution in [0.1, 0.15) is 78.0 Å². The van der Waals surface area contributed by atoms with Crippen LogP contribution in [-0.4, -0.2) is 41.5 Å². The first-order valence-electron chi connectivity index (χ1n) is 13.5. The maximum atomic E-state index is 13.8. The van der Waals surface area contributed by atoms with E-state index >= 15 is 0 Å². The van der Waals surface area contributed by atoms with Gasteiger partial charge in [0.15, 0.2) is 0 Å². The van der Waals surface area contributed by atoms with E-state index in [4.69, 9.17) is 9.47 Å². The highest BCUT2D eigenvalue weighted by molar-refractivity contribution is 5.86. The highest BCUT2D eigenvalue weighted by atomic mass is 16.5. The van der Waals surface area contributed by atoms with Gasteiger partial charge >= 0.3 is 5.97 Å². The fraction of sp³-hybridized carbons (Fsp3) is 0.700. The molecule has 0 radical (unpaired) electrons. The standard InChI is InChI=1S/C30H41NO4/c1-27(2,3)24-16-22(32)30(26(33)34-6)21-12-11-17-15-19-18-9-7-8-10-20(18)31-25(19)29(17,5)28(21,4)14-13-23(30)35-24/h7-10,17,21-24,31-32H,11-16H2,1-6H3/t17?,21?,22?,23?,24-,28-,29+,30?/m0/s1. The van der Waals surface area contributed by atoms with Crippen LogP contribution in [0.5, 0.6) is 0 Å². The first kappa shape index (κ1) is 23.5. The smallest absolute Gasteiger partial charge is 0.317 e. The van der Waals surface area contributed by atoms with E-state index in [1.807, 2.05) is 0 Å². The number of benzene rings is 1. The number of esters is 1. The summed E-state index contributed by atoms with van der Waals surface area (Å²) in [4.78, 5) is 17.6. The maximum absolute atomic E-state index is 13.8. The second kappa shape index (κ2) is 7.35. The highest BCUT2D eigenvalue weighted by Crippen LogP contribution is 2.71. The van der Waals surface area contributed by atoms with Crippen LogP contribution < -0.4 is 0 Å². The maximum Gasteiger partial charge on any atom is 0.317 e. The average molecular weight is 480 g/mol. The molecule has 5 nitrogen and oxygen atoms in total. The molecular formula is C30H41NO4. The van der Waals surface area contributed by atoms with Crippen LogP contribution in [0.3, 0.4) is 0 Å². The zero-order valence-corrected chi connectivity index (χ0v) is 22.1. The van der Waals surface area contributed by atoms with Gasteiger partial charge in [0.2, 0.25) is 0 Å². The van der Waals surface area contributed by atoms with Crippen molar-refractivity contribution in [1.82, 2.24) is 4.98 Å². The zero-order valence-electron chi connectivity index (χ0n) is 22.1. The van der Waals surface area contributed by atoms with Gasteiger partial charge in [-0.05, 0) is 66.4 Å². The van der Waals surface area contributed by atoms with E-state index < -0.39 is 11.5 Å². The lowest BCUT2D eigenvalue weighted by atomic mass is 9.39. The highest BCUT2D eigenvalue weighted by Gasteiger charge is 2.73. The Morgan fingerprint density at radius 2 is 1.91 bits per heavy atom. The van der Waals surface area contributed by atoms with E-state index in [1.54, 1.807) is 0 Å². The minimum atomic E-state index is -1.02. The molecule has 5 unspecified atom stereocenters. The number of nitrogens with one attached hydrogen (secondary N) is 1. The fourth-order valence-electron chi connectivity index (χ4n) is 9.22. The Bertz CT molecular complexity index is 1180. The lowest BCUT2D eigenvalue weighted by molar-refractivity contribution is -0.277. The van der Waals surface area contributed by atoms with E-state index in [1.165, 1.54) is 29.3 Å². The van der Waals surface area contributed by atoms with Gasteiger partial charge in [-0.15, -0.1) is 0 Å². The van der Waals surface area contributed by atoms with E-state index in [0.29, 0.717) is 12.3 Å². The summed E-state index contributed by atoms with van der Waals surface area (Å²) in [5, 5.41) is 13.2. The van der Waals surface area contributed by atoms with Gasteiger partial charge in [-0.2, -0.15) is 0 Å². The van der Waals surface area contributed by atoms with Gasteiger partial charge in [-0.3, -0.25) is 4.79 Å². The van der Waals surface area contributed by atoms with Crippen LogP contribution in [-0.2, 0) is 26.1 Å². The minimum absolute atomic E-state index is 0.00395. The van der Waals surface area contributed by atoms with Crippen LogP contribution in [0.25, 0.3) is 10.9 Å². The summed E-state index contributed by atoms with van der Waals surface area (Å²) < 4.78 is 12.2. The molecular weight excluding hydrogens is 438 g/mol. The van der Waals surface area contributed by atoms with Gasteiger partial charge in [-0.1, -0.05) is 52.8 Å². The van der Waals surface area contributed by atoms with Crippen molar-refractivity contribution in [3.8, 4) is 0 Å². The normalized spacial score (nSPS) is 42.7. The molecule has 2 aromatic rings. The predicted octanol–water partition coefficient (Wildman–Crippen LogP) is 5.53. The quantitative estimate of drug-likeness (QED) is 0.528. The molecule has 6 rings (SSSR count). The minimum Gasteiger partial charge on any atom is -0.468 e. The molecule has 1 aromatic heterocycles. The van der Waals surface area contributed by atoms with Crippen molar-refractivity contribution >= 4 is 16.9 Å². The Labute approximate surface area is 209 Å². The summed E-state index contributed by atoms with van der Waals surface area (Å²) in [6.45, 7) is 11.3. The summed E-state index contributed by atoms with van der Waals surface area (Å²) >= 11 is 0. The largest absolute Gasteiger partial charge is 0.468 e. The number of methoxy groups -OCH3 is 1. The van der Waals surface area contributed by atoms with Gasteiger partial charge in [0.1, 0.15) is 5.41 Å². The SMILES string of the molecule is COC(=O)C12C(O)C[C@@H](C(C)(C)C)OC1CC[C@@]1(C)C2CCC2Cc3c([nH]c4ccccc34)[C@@]21C. The number of fused-ring (bicyclic) bond motifs is 9. The molecule has 0 spiro atoms. The van der Waals surface area contributed by atoms with Crippen LogP contribution >= 0.6 is 0 Å². The van der Waals surface area contributed by atoms with Crippen molar-refractivity contribution in [2.75, 3.05) is 7.11 Å². The number of rotatable bonds is 1. The van der Waals surface area contributed by atoms with Crippen molar-refractivity contribution in [2.24, 2.45) is 28.1 Å². The molecule has 190 valence electrons. The number of hydrogen-bond acceptors (Lipinski definition) is 4. The van der Waals surface area contributed by atoms with Crippen molar-refractivity contribution in [1.29, 1.82) is 0 Å². The summed E-state index contributed by atoms with van der Waals surface area (Å²) in [6.07, 6.45) is 4.10. The number of aliphatic hydroxyl groups excluding tert-OH is 1. The third-order valence-corrected chi connectivity index (χ3v) is 11.2. The lowest BCUT2D eigenvalue weighted by Gasteiger charge is -2.67. The van der Waals surface area contributed by atoms with E-state index in [0.717, 1.165) is 32.1 Å². The molecule has 5 heteroatoms. The van der Waals surface area contributed by atoms with Gasteiger partial charge < -0.3 is 19.6 Å². The number of carbonyl (C=O) groups is 1. The molecule has 3 aliphatic carbocycles. The summed E-state index contributed by atoms with van der Waals surface area (Å²) in [7, 11) is 1.47. The molecule has 1 aliphatic heterocycles. The van der Waals surface area contributed by atoms with Crippen molar-refractivity contribution in [3.05, 3.63) is 35.5 Å². The van der Waals surface area contributed by atoms with Crippen LogP contribution in [0, 0.1) is 28.1 Å². The fourth-order valence-corrected chi connectivity index (χ4v) is 9.22. The van der Waals surface area contributed by atoms with E-state index in [2.05, 4.69) is 63.9 Å². The number of carbonyl (C=O) groups excluding carboxylic acids is 1. The second-order valence-corrected chi connectivity index (χ2v) is 13.4. The van der Waals surface area contributed by atoms with Crippen LogP contribution in [0.15, 0.2) is 24.3 Å². The number of H-pyrrole nitrogens is 1. The van der Waals surface area contributed by atoms with Gasteiger partial charge in [0.25, 0.3) is 0 Å². The Balaban J connectivity index is 1.50. The lowest BCUT2D eigenvalue weighted by Crippen LogP contribution is -2.71. The van der Waals surface area contributed by atoms with E-state index in [9.17, 15) is 9.90 Å². The predicted molar refractivity (Wildman–Crippen MR) is 136 cm³/mol. The first-order chi connectivity index (χ1) is 16.5. The number of hydrogen-bond donors (Lipinski definition) is 2. The molecule has 2 saturated carbocycles. The molecule has 8 atom stereocenters. The number of para-hydroxylation sites is 1. The molecule has 0 amide bonds. The third-order valence-electron chi connectivity index (χ3n) is 11.2. The molecule has 0 bridgehead atoms.